The topological polar surface area (TPSA) is 74.5 Å². The summed E-state index contributed by atoms with van der Waals surface area (Å²) in [7, 11) is 0. The van der Waals surface area contributed by atoms with Crippen molar-refractivity contribution < 1.29 is 9.63 Å². The van der Waals surface area contributed by atoms with Crippen LogP contribution in [0.3, 0.4) is 0 Å². The van der Waals surface area contributed by atoms with Gasteiger partial charge in [-0.1, -0.05) is 39.3 Å². The van der Waals surface area contributed by atoms with Gasteiger partial charge in [0, 0.05) is 10.2 Å². The minimum atomic E-state index is -0.344. The number of hydrogen-bond donors (Lipinski definition) is 1. The van der Waals surface area contributed by atoms with Crippen LogP contribution in [0.4, 0.5) is 5.69 Å². The minimum absolute atomic E-state index is 0.205. The smallest absolute Gasteiger partial charge is 0.265 e. The lowest BCUT2D eigenvalue weighted by molar-refractivity contribution is -0.120. The number of oxime groups is 1. The van der Waals surface area contributed by atoms with Gasteiger partial charge in [-0.15, -0.1) is 0 Å². The molecular weight excluding hydrogens is 346 g/mol. The molecule has 6 heteroatoms. The molecule has 0 aliphatic heterocycles. The fourth-order valence-electron chi connectivity index (χ4n) is 1.61. The number of hydrogen-bond acceptors (Lipinski definition) is 4. The maximum absolute atomic E-state index is 11.7. The van der Waals surface area contributed by atoms with E-state index in [1.807, 2.05) is 30.3 Å². The fraction of sp³-hybridized carbons (Fsp3) is 0.0625. The zero-order valence-electron chi connectivity index (χ0n) is 11.5. The zero-order valence-corrected chi connectivity index (χ0v) is 13.1. The van der Waals surface area contributed by atoms with Crippen LogP contribution in [0.5, 0.6) is 0 Å². The number of carbonyl (C=O) groups excluding carboxylic acids is 1. The molecular formula is C16H12BrN3O2. The Morgan fingerprint density at radius 2 is 2.09 bits per heavy atom. The summed E-state index contributed by atoms with van der Waals surface area (Å²) in [6, 6.07) is 16.1. The Morgan fingerprint density at radius 1 is 1.32 bits per heavy atom. The number of carbonyl (C=O) groups is 1. The van der Waals surface area contributed by atoms with E-state index in [9.17, 15) is 4.79 Å². The van der Waals surface area contributed by atoms with Gasteiger partial charge >= 0.3 is 0 Å². The summed E-state index contributed by atoms with van der Waals surface area (Å²) in [4.78, 5) is 16.6. The van der Waals surface area contributed by atoms with E-state index in [-0.39, 0.29) is 12.5 Å². The Bertz CT molecular complexity index is 721. The van der Waals surface area contributed by atoms with Crippen LogP contribution >= 0.6 is 15.9 Å². The molecule has 0 spiro atoms. The Labute approximate surface area is 136 Å². The summed E-state index contributed by atoms with van der Waals surface area (Å²) in [6.45, 7) is -0.205. The molecule has 0 radical (unpaired) electrons. The molecule has 2 rings (SSSR count). The monoisotopic (exact) mass is 357 g/mol. The standard InChI is InChI=1S/C16H12BrN3O2/c17-14-6-4-12(5-7-14)10-19-22-11-16(21)20-15-3-1-2-13(8-15)9-18/h1-8,10H,11H2,(H,20,21)/b19-10-. The Hall–Kier alpha value is -2.65. The van der Waals surface area contributed by atoms with Gasteiger partial charge in [0.1, 0.15) is 0 Å². The Morgan fingerprint density at radius 3 is 2.82 bits per heavy atom. The van der Waals surface area contributed by atoms with Gasteiger partial charge in [-0.3, -0.25) is 4.79 Å². The van der Waals surface area contributed by atoms with E-state index in [4.69, 9.17) is 10.1 Å². The first-order chi connectivity index (χ1) is 10.7. The number of anilines is 1. The highest BCUT2D eigenvalue weighted by atomic mass is 79.9. The van der Waals surface area contributed by atoms with Crippen molar-refractivity contribution >= 4 is 33.7 Å². The SMILES string of the molecule is N#Cc1cccc(NC(=O)CO/N=C\c2ccc(Br)cc2)c1. The third kappa shape index (κ3) is 5.04. The molecule has 1 N–H and O–H groups in total. The van der Waals surface area contributed by atoms with E-state index in [1.54, 1.807) is 24.3 Å². The summed E-state index contributed by atoms with van der Waals surface area (Å²) < 4.78 is 0.976. The van der Waals surface area contributed by atoms with Crippen LogP contribution in [0.1, 0.15) is 11.1 Å². The molecule has 1 amide bonds. The van der Waals surface area contributed by atoms with Crippen LogP contribution < -0.4 is 5.32 Å². The number of amides is 1. The molecule has 0 aliphatic rings. The van der Waals surface area contributed by atoms with Crippen molar-refractivity contribution in [1.82, 2.24) is 0 Å². The van der Waals surface area contributed by atoms with Crippen molar-refractivity contribution in [3.05, 3.63) is 64.1 Å². The van der Waals surface area contributed by atoms with Crippen molar-refractivity contribution in [3.8, 4) is 6.07 Å². The maximum atomic E-state index is 11.7. The van der Waals surface area contributed by atoms with Crippen LogP contribution in [-0.4, -0.2) is 18.7 Å². The number of halogens is 1. The lowest BCUT2D eigenvalue weighted by atomic mass is 10.2. The molecule has 0 unspecified atom stereocenters. The first kappa shape index (κ1) is 15.7. The first-order valence-electron chi connectivity index (χ1n) is 6.38. The molecule has 0 atom stereocenters. The highest BCUT2D eigenvalue weighted by Crippen LogP contribution is 2.10. The van der Waals surface area contributed by atoms with Crippen molar-refractivity contribution in [2.75, 3.05) is 11.9 Å². The zero-order chi connectivity index (χ0) is 15.8. The molecule has 5 nitrogen and oxygen atoms in total. The maximum Gasteiger partial charge on any atom is 0.265 e. The van der Waals surface area contributed by atoms with Gasteiger partial charge in [-0.2, -0.15) is 5.26 Å². The van der Waals surface area contributed by atoms with Gasteiger partial charge in [-0.25, -0.2) is 0 Å². The fourth-order valence-corrected chi connectivity index (χ4v) is 1.87. The Balaban J connectivity index is 1.80. The summed E-state index contributed by atoms with van der Waals surface area (Å²) >= 11 is 3.34. The third-order valence-corrected chi connectivity index (χ3v) is 3.15. The van der Waals surface area contributed by atoms with Gasteiger partial charge < -0.3 is 10.2 Å². The number of nitriles is 1. The van der Waals surface area contributed by atoms with Crippen LogP contribution in [-0.2, 0) is 9.63 Å². The van der Waals surface area contributed by atoms with Crippen molar-refractivity contribution in [2.45, 2.75) is 0 Å². The minimum Gasteiger partial charge on any atom is -0.386 e. The van der Waals surface area contributed by atoms with Crippen LogP contribution in [0.25, 0.3) is 0 Å². The van der Waals surface area contributed by atoms with Gasteiger partial charge in [-0.05, 0) is 35.9 Å². The average Bonchev–Trinajstić information content (AvgIpc) is 2.53. The van der Waals surface area contributed by atoms with Crippen LogP contribution in [0, 0.1) is 11.3 Å². The van der Waals surface area contributed by atoms with Gasteiger partial charge in [0.15, 0.2) is 6.61 Å². The molecule has 0 fully saturated rings. The van der Waals surface area contributed by atoms with Crippen molar-refractivity contribution in [1.29, 1.82) is 5.26 Å². The van der Waals surface area contributed by atoms with E-state index in [0.717, 1.165) is 10.0 Å². The summed E-state index contributed by atoms with van der Waals surface area (Å²) in [5.74, 6) is -0.344. The summed E-state index contributed by atoms with van der Waals surface area (Å²) in [5, 5.41) is 15.1. The van der Waals surface area contributed by atoms with Crippen molar-refractivity contribution in [3.63, 3.8) is 0 Å². The van der Waals surface area contributed by atoms with E-state index in [1.165, 1.54) is 6.21 Å². The van der Waals surface area contributed by atoms with Crippen LogP contribution in [0.2, 0.25) is 0 Å². The molecule has 0 saturated heterocycles. The molecule has 0 bridgehead atoms. The van der Waals surface area contributed by atoms with Gasteiger partial charge in [0.05, 0.1) is 17.8 Å². The number of nitrogens with zero attached hydrogens (tertiary/aromatic N) is 2. The van der Waals surface area contributed by atoms with Crippen LogP contribution in [0.15, 0.2) is 58.2 Å². The molecule has 0 aromatic heterocycles. The molecule has 2 aromatic carbocycles. The second kappa shape index (κ2) is 7.96. The number of rotatable bonds is 5. The average molecular weight is 358 g/mol. The Kier molecular flexibility index (Phi) is 5.69. The quantitative estimate of drug-likeness (QED) is 0.658. The highest BCUT2D eigenvalue weighted by Gasteiger charge is 2.03. The highest BCUT2D eigenvalue weighted by molar-refractivity contribution is 9.10. The second-order valence-corrected chi connectivity index (χ2v) is 5.22. The molecule has 110 valence electrons. The van der Waals surface area contributed by atoms with Gasteiger partial charge in [0.25, 0.3) is 5.91 Å². The lowest BCUT2D eigenvalue weighted by Crippen LogP contribution is -2.17. The second-order valence-electron chi connectivity index (χ2n) is 4.30. The number of nitrogens with one attached hydrogen (secondary N) is 1. The third-order valence-electron chi connectivity index (χ3n) is 2.62. The van der Waals surface area contributed by atoms with Gasteiger partial charge in [0.2, 0.25) is 0 Å². The molecule has 2 aromatic rings. The number of benzene rings is 2. The first-order valence-corrected chi connectivity index (χ1v) is 7.17. The molecule has 0 heterocycles. The van der Waals surface area contributed by atoms with Crippen molar-refractivity contribution in [2.24, 2.45) is 5.16 Å². The summed E-state index contributed by atoms with van der Waals surface area (Å²) in [6.07, 6.45) is 1.52. The van der Waals surface area contributed by atoms with E-state index in [2.05, 4.69) is 26.4 Å². The molecule has 0 saturated carbocycles. The van der Waals surface area contributed by atoms with E-state index in [0.29, 0.717) is 11.3 Å². The normalized spacial score (nSPS) is 10.2. The predicted molar refractivity (Wildman–Crippen MR) is 87.5 cm³/mol. The van der Waals surface area contributed by atoms with E-state index >= 15 is 0 Å². The lowest BCUT2D eigenvalue weighted by Gasteiger charge is -2.04. The van der Waals surface area contributed by atoms with E-state index < -0.39 is 0 Å². The molecule has 22 heavy (non-hydrogen) atoms. The summed E-state index contributed by atoms with van der Waals surface area (Å²) in [5.41, 5.74) is 1.89. The predicted octanol–water partition coefficient (Wildman–Crippen LogP) is 3.31. The largest absolute Gasteiger partial charge is 0.386 e. The molecule has 0 aliphatic carbocycles.